The second kappa shape index (κ2) is 5.82. The molecule has 3 nitrogen and oxygen atoms in total. The minimum absolute atomic E-state index is 0.0885. The largest absolute Gasteiger partial charge is 0.376 e. The number of ether oxygens (including phenoxy) is 1. The molecule has 20 heavy (non-hydrogen) atoms. The normalized spacial score (nSPS) is 26.2. The molecule has 5 heteroatoms. The molecule has 1 aromatic rings. The van der Waals surface area contributed by atoms with Gasteiger partial charge in [0, 0.05) is 18.7 Å². The Labute approximate surface area is 126 Å². The first kappa shape index (κ1) is 14.0. The predicted octanol–water partition coefficient (Wildman–Crippen LogP) is 3.37. The van der Waals surface area contributed by atoms with Crippen LogP contribution in [0.2, 0.25) is 0 Å². The lowest BCUT2D eigenvalue weighted by molar-refractivity contribution is 0.0340. The number of nitrogens with zero attached hydrogens (tertiary/aromatic N) is 1. The molecule has 0 radical (unpaired) electrons. The Kier molecular flexibility index (Phi) is 4.08. The molecule has 0 saturated carbocycles. The van der Waals surface area contributed by atoms with E-state index in [0.29, 0.717) is 10.0 Å². The summed E-state index contributed by atoms with van der Waals surface area (Å²) >= 11 is 3.11. The molecule has 2 aliphatic heterocycles. The third kappa shape index (κ3) is 2.61. The van der Waals surface area contributed by atoms with E-state index < -0.39 is 5.82 Å². The van der Waals surface area contributed by atoms with Gasteiger partial charge < -0.3 is 9.64 Å². The Morgan fingerprint density at radius 3 is 2.90 bits per heavy atom. The molecule has 2 saturated heterocycles. The second-order valence-corrected chi connectivity index (χ2v) is 6.24. The van der Waals surface area contributed by atoms with E-state index in [0.717, 1.165) is 38.8 Å². The quantitative estimate of drug-likeness (QED) is 0.825. The van der Waals surface area contributed by atoms with Crippen LogP contribution in [-0.4, -0.2) is 36.1 Å². The fourth-order valence-electron chi connectivity index (χ4n) is 3.13. The Morgan fingerprint density at radius 2 is 2.20 bits per heavy atom. The molecule has 0 unspecified atom stereocenters. The Hall–Kier alpha value is -0.940. The molecule has 0 aliphatic carbocycles. The Bertz CT molecular complexity index is 517. The number of halogens is 2. The van der Waals surface area contributed by atoms with Crippen LogP contribution in [0.3, 0.4) is 0 Å². The summed E-state index contributed by atoms with van der Waals surface area (Å²) in [7, 11) is 0. The van der Waals surface area contributed by atoms with Crippen molar-refractivity contribution in [3.63, 3.8) is 0 Å². The van der Waals surface area contributed by atoms with E-state index in [-0.39, 0.29) is 18.1 Å². The summed E-state index contributed by atoms with van der Waals surface area (Å²) in [4.78, 5) is 14.4. The van der Waals surface area contributed by atoms with Crippen molar-refractivity contribution in [3.8, 4) is 0 Å². The molecule has 0 aromatic heterocycles. The maximum Gasteiger partial charge on any atom is 0.254 e. The average molecular weight is 342 g/mol. The Balaban J connectivity index is 1.79. The average Bonchev–Trinajstić information content (AvgIpc) is 3.10. The summed E-state index contributed by atoms with van der Waals surface area (Å²) in [5.41, 5.74) is 0.413. The molecule has 2 atom stereocenters. The molecule has 3 rings (SSSR count). The molecule has 0 spiro atoms. The molecule has 2 fully saturated rings. The zero-order valence-electron chi connectivity index (χ0n) is 11.1. The Morgan fingerprint density at radius 1 is 1.35 bits per heavy atom. The van der Waals surface area contributed by atoms with Crippen LogP contribution in [0.5, 0.6) is 0 Å². The maximum atomic E-state index is 13.6. The van der Waals surface area contributed by atoms with Crippen LogP contribution in [0.1, 0.15) is 36.0 Å². The minimum Gasteiger partial charge on any atom is -0.376 e. The van der Waals surface area contributed by atoms with Crippen molar-refractivity contribution in [2.75, 3.05) is 13.2 Å². The number of carbonyl (C=O) groups excluding carboxylic acids is 1. The van der Waals surface area contributed by atoms with Crippen LogP contribution in [0.4, 0.5) is 4.39 Å². The first-order chi connectivity index (χ1) is 9.66. The van der Waals surface area contributed by atoms with Crippen LogP contribution in [-0.2, 0) is 4.74 Å². The van der Waals surface area contributed by atoms with Gasteiger partial charge in [0.1, 0.15) is 5.82 Å². The van der Waals surface area contributed by atoms with E-state index in [9.17, 15) is 9.18 Å². The summed E-state index contributed by atoms with van der Waals surface area (Å²) in [6, 6.07) is 4.70. The number of rotatable bonds is 2. The van der Waals surface area contributed by atoms with Crippen LogP contribution >= 0.6 is 15.9 Å². The smallest absolute Gasteiger partial charge is 0.254 e. The number of likely N-dealkylation sites (tertiary alicyclic amines) is 1. The van der Waals surface area contributed by atoms with E-state index in [1.54, 1.807) is 12.1 Å². The molecule has 1 amide bonds. The van der Waals surface area contributed by atoms with E-state index in [4.69, 9.17) is 4.74 Å². The van der Waals surface area contributed by atoms with Crippen LogP contribution in [0.25, 0.3) is 0 Å². The summed E-state index contributed by atoms with van der Waals surface area (Å²) in [6.07, 6.45) is 4.21. The second-order valence-electron chi connectivity index (χ2n) is 5.39. The number of benzene rings is 1. The van der Waals surface area contributed by atoms with Crippen molar-refractivity contribution < 1.29 is 13.9 Å². The lowest BCUT2D eigenvalue weighted by Crippen LogP contribution is -2.42. The van der Waals surface area contributed by atoms with Crippen LogP contribution in [0.15, 0.2) is 22.7 Å². The van der Waals surface area contributed by atoms with Gasteiger partial charge in [-0.05, 0) is 59.8 Å². The highest BCUT2D eigenvalue weighted by Crippen LogP contribution is 2.29. The highest BCUT2D eigenvalue weighted by atomic mass is 79.9. The topological polar surface area (TPSA) is 29.5 Å². The van der Waals surface area contributed by atoms with Gasteiger partial charge in [0.25, 0.3) is 5.91 Å². The number of hydrogen-bond acceptors (Lipinski definition) is 2. The molecule has 2 aliphatic rings. The lowest BCUT2D eigenvalue weighted by atomic mass is 10.0. The summed E-state index contributed by atoms with van der Waals surface area (Å²) in [5, 5.41) is 0. The van der Waals surface area contributed by atoms with E-state index in [1.807, 2.05) is 4.90 Å². The van der Waals surface area contributed by atoms with Crippen LogP contribution < -0.4 is 0 Å². The van der Waals surface area contributed by atoms with Gasteiger partial charge in [-0.15, -0.1) is 0 Å². The van der Waals surface area contributed by atoms with Gasteiger partial charge >= 0.3 is 0 Å². The third-order valence-electron chi connectivity index (χ3n) is 4.12. The van der Waals surface area contributed by atoms with Gasteiger partial charge in [-0.2, -0.15) is 0 Å². The number of amides is 1. The molecule has 0 N–H and O–H groups in total. The predicted molar refractivity (Wildman–Crippen MR) is 77.1 cm³/mol. The van der Waals surface area contributed by atoms with Gasteiger partial charge in [0.15, 0.2) is 0 Å². The van der Waals surface area contributed by atoms with Crippen LogP contribution in [0, 0.1) is 5.82 Å². The van der Waals surface area contributed by atoms with Crippen molar-refractivity contribution in [1.29, 1.82) is 0 Å². The fourth-order valence-corrected chi connectivity index (χ4v) is 3.38. The van der Waals surface area contributed by atoms with Crippen molar-refractivity contribution in [2.45, 2.75) is 37.8 Å². The maximum absolute atomic E-state index is 13.6. The van der Waals surface area contributed by atoms with Gasteiger partial charge in [-0.25, -0.2) is 4.39 Å². The molecule has 1 aromatic carbocycles. The van der Waals surface area contributed by atoms with Gasteiger partial charge in [0.2, 0.25) is 0 Å². The zero-order chi connectivity index (χ0) is 14.1. The van der Waals surface area contributed by atoms with Gasteiger partial charge in [0.05, 0.1) is 16.6 Å². The highest BCUT2D eigenvalue weighted by molar-refractivity contribution is 9.10. The number of carbonyl (C=O) groups is 1. The SMILES string of the molecule is O=C(c1ccc(Br)c(F)c1)N1CCC[C@H]1[C@H]1CCCO1. The van der Waals surface area contributed by atoms with Crippen molar-refractivity contribution >= 4 is 21.8 Å². The molecule has 2 heterocycles. The van der Waals surface area contributed by atoms with Gasteiger partial charge in [-0.1, -0.05) is 0 Å². The highest BCUT2D eigenvalue weighted by Gasteiger charge is 2.37. The van der Waals surface area contributed by atoms with E-state index in [2.05, 4.69) is 15.9 Å². The summed E-state index contributed by atoms with van der Waals surface area (Å²) < 4.78 is 19.7. The van der Waals surface area contributed by atoms with Crippen molar-refractivity contribution in [2.24, 2.45) is 0 Å². The fraction of sp³-hybridized carbons (Fsp3) is 0.533. The van der Waals surface area contributed by atoms with E-state index >= 15 is 0 Å². The van der Waals surface area contributed by atoms with E-state index in [1.165, 1.54) is 6.07 Å². The first-order valence-electron chi connectivity index (χ1n) is 7.04. The van der Waals surface area contributed by atoms with Crippen molar-refractivity contribution in [1.82, 2.24) is 4.90 Å². The third-order valence-corrected chi connectivity index (χ3v) is 4.76. The standard InChI is InChI=1S/C15H17BrFNO2/c16-11-6-5-10(9-12(11)17)15(19)18-7-1-3-13(18)14-4-2-8-20-14/h5-6,9,13-14H,1-4,7-8H2/t13-,14+/m0/s1. The molecule has 0 bridgehead atoms. The monoisotopic (exact) mass is 341 g/mol. The molecule has 108 valence electrons. The van der Waals surface area contributed by atoms with Crippen molar-refractivity contribution in [3.05, 3.63) is 34.1 Å². The summed E-state index contributed by atoms with van der Waals surface area (Å²) in [6.45, 7) is 1.52. The summed E-state index contributed by atoms with van der Waals surface area (Å²) in [5.74, 6) is -0.488. The minimum atomic E-state index is -0.399. The lowest BCUT2D eigenvalue weighted by Gasteiger charge is -2.29. The number of hydrogen-bond donors (Lipinski definition) is 0. The zero-order valence-corrected chi connectivity index (χ0v) is 12.7. The first-order valence-corrected chi connectivity index (χ1v) is 7.84. The van der Waals surface area contributed by atoms with Gasteiger partial charge in [-0.3, -0.25) is 4.79 Å². The molecular weight excluding hydrogens is 325 g/mol. The molecular formula is C15H17BrFNO2.